The van der Waals surface area contributed by atoms with Crippen LogP contribution in [0.3, 0.4) is 0 Å². The summed E-state index contributed by atoms with van der Waals surface area (Å²) in [4.78, 5) is 1.98. The summed E-state index contributed by atoms with van der Waals surface area (Å²) in [5.74, 6) is -1.15. The second-order valence-corrected chi connectivity index (χ2v) is 6.49. The lowest BCUT2D eigenvalue weighted by Crippen LogP contribution is -2.35. The molecule has 2 atom stereocenters. The van der Waals surface area contributed by atoms with Crippen molar-refractivity contribution in [1.82, 2.24) is 4.90 Å². The van der Waals surface area contributed by atoms with E-state index < -0.39 is 17.7 Å². The lowest BCUT2D eigenvalue weighted by Gasteiger charge is -2.28. The molecule has 0 saturated carbocycles. The van der Waals surface area contributed by atoms with Gasteiger partial charge in [0.2, 0.25) is 0 Å². The number of ether oxygens (including phenoxy) is 1. The van der Waals surface area contributed by atoms with Gasteiger partial charge in [-0.25, -0.2) is 8.78 Å². The monoisotopic (exact) mass is 347 g/mol. The molecule has 1 N–H and O–H groups in total. The molecule has 1 fully saturated rings. The number of benzene rings is 2. The normalized spacial score (nSPS) is 18.6. The van der Waals surface area contributed by atoms with Crippen molar-refractivity contribution in [2.24, 2.45) is 0 Å². The Kier molecular flexibility index (Phi) is 6.13. The number of nitrogens with zero attached hydrogens (tertiary/aromatic N) is 1. The van der Waals surface area contributed by atoms with E-state index in [4.69, 9.17) is 4.74 Å². The highest BCUT2D eigenvalue weighted by atomic mass is 19.1. The van der Waals surface area contributed by atoms with Crippen LogP contribution in [-0.2, 0) is 11.3 Å². The molecule has 2 unspecified atom stereocenters. The van der Waals surface area contributed by atoms with Crippen molar-refractivity contribution in [3.8, 4) is 0 Å². The van der Waals surface area contributed by atoms with Crippen LogP contribution < -0.4 is 0 Å². The Morgan fingerprint density at radius 2 is 1.96 bits per heavy atom. The average molecular weight is 347 g/mol. The predicted molar refractivity (Wildman–Crippen MR) is 92.0 cm³/mol. The van der Waals surface area contributed by atoms with Crippen LogP contribution in [0.1, 0.15) is 30.1 Å². The summed E-state index contributed by atoms with van der Waals surface area (Å²) in [6.45, 7) is 2.02. The zero-order chi connectivity index (χ0) is 17.6. The lowest BCUT2D eigenvalue weighted by molar-refractivity contribution is 0.0455. The summed E-state index contributed by atoms with van der Waals surface area (Å²) in [6.07, 6.45) is 1.40. The third-order valence-electron chi connectivity index (χ3n) is 4.51. The second-order valence-electron chi connectivity index (χ2n) is 6.49. The third kappa shape index (κ3) is 5.08. The molecule has 134 valence electrons. The third-order valence-corrected chi connectivity index (χ3v) is 4.51. The minimum absolute atomic E-state index is 0.0893. The molecule has 1 saturated heterocycles. The van der Waals surface area contributed by atoms with Crippen LogP contribution in [0.25, 0.3) is 0 Å². The van der Waals surface area contributed by atoms with Crippen molar-refractivity contribution in [1.29, 1.82) is 0 Å². The number of hydrogen-bond donors (Lipinski definition) is 1. The van der Waals surface area contributed by atoms with Crippen LogP contribution in [0, 0.1) is 11.6 Å². The number of aliphatic hydroxyl groups is 1. The quantitative estimate of drug-likeness (QED) is 0.829. The van der Waals surface area contributed by atoms with Gasteiger partial charge in [0.25, 0.3) is 0 Å². The van der Waals surface area contributed by atoms with Crippen LogP contribution >= 0.6 is 0 Å². The van der Waals surface area contributed by atoms with E-state index in [-0.39, 0.29) is 6.10 Å². The maximum atomic E-state index is 14.0. The smallest absolute Gasteiger partial charge is 0.130 e. The number of rotatable bonds is 7. The summed E-state index contributed by atoms with van der Waals surface area (Å²) in [7, 11) is 0. The second kappa shape index (κ2) is 8.52. The Balaban J connectivity index is 1.72. The van der Waals surface area contributed by atoms with Gasteiger partial charge in [0, 0.05) is 37.9 Å². The molecule has 1 aliphatic heterocycles. The van der Waals surface area contributed by atoms with E-state index in [0.717, 1.165) is 31.1 Å². The molecule has 25 heavy (non-hydrogen) atoms. The Labute approximate surface area is 146 Å². The molecule has 2 aromatic rings. The molecule has 1 aliphatic rings. The summed E-state index contributed by atoms with van der Waals surface area (Å²) >= 11 is 0. The minimum atomic E-state index is -0.675. The van der Waals surface area contributed by atoms with Crippen molar-refractivity contribution >= 4 is 0 Å². The number of halogens is 2. The fourth-order valence-electron chi connectivity index (χ4n) is 3.20. The molecule has 0 amide bonds. The highest BCUT2D eigenvalue weighted by Gasteiger charge is 2.22. The van der Waals surface area contributed by atoms with Gasteiger partial charge < -0.3 is 9.84 Å². The summed E-state index contributed by atoms with van der Waals surface area (Å²) in [6, 6.07) is 13.0. The van der Waals surface area contributed by atoms with E-state index in [0.29, 0.717) is 25.2 Å². The van der Waals surface area contributed by atoms with Crippen LogP contribution in [0.5, 0.6) is 0 Å². The zero-order valence-corrected chi connectivity index (χ0v) is 14.1. The van der Waals surface area contributed by atoms with Crippen molar-refractivity contribution in [3.63, 3.8) is 0 Å². The molecular weight excluding hydrogens is 324 g/mol. The van der Waals surface area contributed by atoms with E-state index in [1.165, 1.54) is 12.1 Å². The van der Waals surface area contributed by atoms with Crippen LogP contribution in [0.2, 0.25) is 0 Å². The van der Waals surface area contributed by atoms with Gasteiger partial charge in [0.1, 0.15) is 11.6 Å². The van der Waals surface area contributed by atoms with Gasteiger partial charge in [-0.15, -0.1) is 0 Å². The molecule has 0 spiro atoms. The summed E-state index contributed by atoms with van der Waals surface area (Å²) in [5.41, 5.74) is 1.24. The summed E-state index contributed by atoms with van der Waals surface area (Å²) in [5, 5.41) is 10.5. The molecule has 5 heteroatoms. The van der Waals surface area contributed by atoms with Gasteiger partial charge in [-0.3, -0.25) is 4.90 Å². The topological polar surface area (TPSA) is 32.7 Å². The van der Waals surface area contributed by atoms with Crippen molar-refractivity contribution < 1.29 is 18.6 Å². The Morgan fingerprint density at radius 3 is 2.64 bits per heavy atom. The minimum Gasteiger partial charge on any atom is -0.387 e. The van der Waals surface area contributed by atoms with Gasteiger partial charge >= 0.3 is 0 Å². The van der Waals surface area contributed by atoms with Gasteiger partial charge in [0.05, 0.1) is 12.2 Å². The highest BCUT2D eigenvalue weighted by Crippen LogP contribution is 2.20. The fourth-order valence-corrected chi connectivity index (χ4v) is 3.20. The Hall–Kier alpha value is -1.82. The Morgan fingerprint density at radius 1 is 1.16 bits per heavy atom. The van der Waals surface area contributed by atoms with Gasteiger partial charge in [-0.1, -0.05) is 36.4 Å². The van der Waals surface area contributed by atoms with Gasteiger partial charge in [-0.2, -0.15) is 0 Å². The largest absolute Gasteiger partial charge is 0.387 e. The van der Waals surface area contributed by atoms with E-state index in [1.54, 1.807) is 0 Å². The molecular formula is C20H23F2NO2. The van der Waals surface area contributed by atoms with E-state index in [1.807, 2.05) is 35.2 Å². The van der Waals surface area contributed by atoms with Gasteiger partial charge in [-0.05, 0) is 24.5 Å². The standard InChI is InChI=1S/C20H23F2NO2/c21-17-9-8-16(19(22)11-17)12-23(13-18-7-4-10-25-18)14-20(24)15-5-2-1-3-6-15/h1-3,5-6,8-9,11,18,20,24H,4,7,10,12-14H2. The molecule has 3 rings (SSSR count). The van der Waals surface area contributed by atoms with Gasteiger partial charge in [0.15, 0.2) is 0 Å². The van der Waals surface area contributed by atoms with E-state index in [9.17, 15) is 13.9 Å². The van der Waals surface area contributed by atoms with Crippen LogP contribution in [-0.4, -0.2) is 35.8 Å². The molecule has 0 bridgehead atoms. The maximum absolute atomic E-state index is 14.0. The first-order chi connectivity index (χ1) is 12.1. The molecule has 2 aromatic carbocycles. The fraction of sp³-hybridized carbons (Fsp3) is 0.400. The first kappa shape index (κ1) is 18.0. The zero-order valence-electron chi connectivity index (χ0n) is 14.1. The van der Waals surface area contributed by atoms with Crippen molar-refractivity contribution in [2.45, 2.75) is 31.6 Å². The van der Waals surface area contributed by atoms with Crippen molar-refractivity contribution in [3.05, 3.63) is 71.3 Å². The first-order valence-corrected chi connectivity index (χ1v) is 8.62. The van der Waals surface area contributed by atoms with Crippen LogP contribution in [0.4, 0.5) is 8.78 Å². The summed E-state index contributed by atoms with van der Waals surface area (Å²) < 4.78 is 32.8. The first-order valence-electron chi connectivity index (χ1n) is 8.62. The highest BCUT2D eigenvalue weighted by molar-refractivity contribution is 5.20. The van der Waals surface area contributed by atoms with E-state index in [2.05, 4.69) is 0 Å². The van der Waals surface area contributed by atoms with E-state index >= 15 is 0 Å². The average Bonchev–Trinajstić information content (AvgIpc) is 3.11. The number of hydrogen-bond acceptors (Lipinski definition) is 3. The predicted octanol–water partition coefficient (Wildman–Crippen LogP) is 3.68. The van der Waals surface area contributed by atoms with Crippen LogP contribution in [0.15, 0.2) is 48.5 Å². The van der Waals surface area contributed by atoms with Crippen molar-refractivity contribution in [2.75, 3.05) is 19.7 Å². The molecule has 0 radical (unpaired) electrons. The number of aliphatic hydroxyl groups excluding tert-OH is 1. The molecule has 0 aromatic heterocycles. The lowest BCUT2D eigenvalue weighted by atomic mass is 10.1. The Bertz CT molecular complexity index is 675. The molecule has 3 nitrogen and oxygen atoms in total. The molecule has 1 heterocycles. The SMILES string of the molecule is OC(CN(Cc1ccc(F)cc1F)CC1CCCO1)c1ccccc1. The maximum Gasteiger partial charge on any atom is 0.130 e. The molecule has 0 aliphatic carbocycles.